The number of hydrogen-bond donors (Lipinski definition) is 0. The van der Waals surface area contributed by atoms with Gasteiger partial charge in [0.25, 0.3) is 0 Å². The van der Waals surface area contributed by atoms with Gasteiger partial charge in [0.05, 0.1) is 17.7 Å². The van der Waals surface area contributed by atoms with Gasteiger partial charge in [-0.05, 0) is 49.4 Å². The Bertz CT molecular complexity index is 390. The SMILES string of the molecule is CCC1CCCC(Oc2ccc(C#N)cc2)C1. The first-order chi connectivity index (χ1) is 8.31. The summed E-state index contributed by atoms with van der Waals surface area (Å²) in [7, 11) is 0. The molecule has 1 aromatic rings. The Kier molecular flexibility index (Phi) is 4.03. The predicted octanol–water partition coefficient (Wildman–Crippen LogP) is 3.91. The zero-order chi connectivity index (χ0) is 12.1. The molecular weight excluding hydrogens is 210 g/mol. The van der Waals surface area contributed by atoms with Crippen molar-refractivity contribution < 1.29 is 4.74 Å². The van der Waals surface area contributed by atoms with E-state index in [1.165, 1.54) is 25.7 Å². The van der Waals surface area contributed by atoms with Gasteiger partial charge < -0.3 is 4.74 Å². The third kappa shape index (κ3) is 3.23. The smallest absolute Gasteiger partial charge is 0.119 e. The highest BCUT2D eigenvalue weighted by molar-refractivity contribution is 5.34. The van der Waals surface area contributed by atoms with E-state index in [1.807, 2.05) is 24.3 Å². The lowest BCUT2D eigenvalue weighted by molar-refractivity contribution is 0.122. The fourth-order valence-corrected chi connectivity index (χ4v) is 2.52. The topological polar surface area (TPSA) is 33.0 Å². The fourth-order valence-electron chi connectivity index (χ4n) is 2.52. The van der Waals surface area contributed by atoms with Crippen molar-refractivity contribution >= 4 is 0 Å². The largest absolute Gasteiger partial charge is 0.490 e. The molecule has 0 bridgehead atoms. The number of hydrogen-bond acceptors (Lipinski definition) is 2. The normalized spacial score (nSPS) is 24.0. The van der Waals surface area contributed by atoms with Gasteiger partial charge in [-0.15, -0.1) is 0 Å². The van der Waals surface area contributed by atoms with E-state index in [9.17, 15) is 0 Å². The van der Waals surface area contributed by atoms with Crippen LogP contribution < -0.4 is 4.74 Å². The van der Waals surface area contributed by atoms with Crippen molar-refractivity contribution in [2.75, 3.05) is 0 Å². The molecule has 90 valence electrons. The second-order valence-electron chi connectivity index (χ2n) is 4.82. The first-order valence-electron chi connectivity index (χ1n) is 6.48. The minimum Gasteiger partial charge on any atom is -0.490 e. The van der Waals surface area contributed by atoms with Crippen LogP contribution in [0.25, 0.3) is 0 Å². The molecule has 0 amide bonds. The monoisotopic (exact) mass is 229 g/mol. The van der Waals surface area contributed by atoms with E-state index in [0.29, 0.717) is 11.7 Å². The minimum absolute atomic E-state index is 0.363. The molecule has 1 saturated carbocycles. The second-order valence-corrected chi connectivity index (χ2v) is 4.82. The number of nitrogens with zero attached hydrogens (tertiary/aromatic N) is 1. The average molecular weight is 229 g/mol. The van der Waals surface area contributed by atoms with Crippen molar-refractivity contribution in [2.24, 2.45) is 5.92 Å². The van der Waals surface area contributed by atoms with Crippen molar-refractivity contribution in [1.29, 1.82) is 5.26 Å². The molecule has 0 spiro atoms. The fraction of sp³-hybridized carbons (Fsp3) is 0.533. The zero-order valence-electron chi connectivity index (χ0n) is 10.4. The van der Waals surface area contributed by atoms with Crippen LogP contribution >= 0.6 is 0 Å². The van der Waals surface area contributed by atoms with Gasteiger partial charge in [-0.25, -0.2) is 0 Å². The molecule has 0 saturated heterocycles. The highest BCUT2D eigenvalue weighted by Crippen LogP contribution is 2.29. The van der Waals surface area contributed by atoms with Crippen molar-refractivity contribution in [3.63, 3.8) is 0 Å². The summed E-state index contributed by atoms with van der Waals surface area (Å²) in [5, 5.41) is 8.73. The Labute approximate surface area is 103 Å². The van der Waals surface area contributed by atoms with Gasteiger partial charge in [0.15, 0.2) is 0 Å². The van der Waals surface area contributed by atoms with Gasteiger partial charge >= 0.3 is 0 Å². The molecule has 0 N–H and O–H groups in total. The number of ether oxygens (including phenoxy) is 1. The zero-order valence-corrected chi connectivity index (χ0v) is 10.4. The summed E-state index contributed by atoms with van der Waals surface area (Å²) in [5.41, 5.74) is 0.687. The molecule has 2 unspecified atom stereocenters. The van der Waals surface area contributed by atoms with Crippen molar-refractivity contribution in [1.82, 2.24) is 0 Å². The summed E-state index contributed by atoms with van der Waals surface area (Å²) in [6.45, 7) is 2.26. The molecule has 0 radical (unpaired) electrons. The van der Waals surface area contributed by atoms with Crippen molar-refractivity contribution in [3.8, 4) is 11.8 Å². The molecule has 1 aliphatic rings. The van der Waals surface area contributed by atoms with Gasteiger partial charge in [-0.1, -0.05) is 19.8 Å². The van der Waals surface area contributed by atoms with Crippen LogP contribution in [0, 0.1) is 17.2 Å². The summed E-state index contributed by atoms with van der Waals surface area (Å²) >= 11 is 0. The van der Waals surface area contributed by atoms with Crippen LogP contribution in [0.2, 0.25) is 0 Å². The minimum atomic E-state index is 0.363. The van der Waals surface area contributed by atoms with Crippen LogP contribution in [0.15, 0.2) is 24.3 Å². The lowest BCUT2D eigenvalue weighted by Crippen LogP contribution is -2.25. The second kappa shape index (κ2) is 5.72. The summed E-state index contributed by atoms with van der Waals surface area (Å²) in [6, 6.07) is 9.54. The first-order valence-corrected chi connectivity index (χ1v) is 6.48. The van der Waals surface area contributed by atoms with Gasteiger partial charge in [0.2, 0.25) is 0 Å². The number of rotatable bonds is 3. The molecule has 2 rings (SSSR count). The van der Waals surface area contributed by atoms with Crippen molar-refractivity contribution in [2.45, 2.75) is 45.1 Å². The van der Waals surface area contributed by atoms with Gasteiger partial charge in [0, 0.05) is 0 Å². The van der Waals surface area contributed by atoms with E-state index in [0.717, 1.165) is 18.1 Å². The van der Waals surface area contributed by atoms with Crippen LogP contribution in [0.4, 0.5) is 0 Å². The van der Waals surface area contributed by atoms with Crippen molar-refractivity contribution in [3.05, 3.63) is 29.8 Å². The van der Waals surface area contributed by atoms with Crippen LogP contribution in [0.5, 0.6) is 5.75 Å². The van der Waals surface area contributed by atoms with Crippen LogP contribution in [-0.2, 0) is 0 Å². The quantitative estimate of drug-likeness (QED) is 0.787. The number of nitriles is 1. The van der Waals surface area contributed by atoms with Gasteiger partial charge in [-0.3, -0.25) is 0 Å². The summed E-state index contributed by atoms with van der Waals surface area (Å²) in [6.07, 6.45) is 6.59. The van der Waals surface area contributed by atoms with Gasteiger partial charge in [-0.2, -0.15) is 5.26 Å². The predicted molar refractivity (Wildman–Crippen MR) is 67.8 cm³/mol. The summed E-state index contributed by atoms with van der Waals surface area (Å²) < 4.78 is 5.98. The maximum atomic E-state index is 8.73. The Morgan fingerprint density at radius 3 is 2.71 bits per heavy atom. The molecule has 0 aliphatic heterocycles. The molecule has 0 aromatic heterocycles. The van der Waals surface area contributed by atoms with Gasteiger partial charge in [0.1, 0.15) is 5.75 Å². The lowest BCUT2D eigenvalue weighted by Gasteiger charge is -2.28. The molecule has 1 fully saturated rings. The highest BCUT2D eigenvalue weighted by atomic mass is 16.5. The average Bonchev–Trinajstić information content (AvgIpc) is 2.40. The molecular formula is C15H19NO. The molecule has 2 atom stereocenters. The van der Waals surface area contributed by atoms with E-state index in [1.54, 1.807) is 0 Å². The summed E-state index contributed by atoms with van der Waals surface area (Å²) in [5.74, 6) is 1.72. The third-order valence-electron chi connectivity index (χ3n) is 3.60. The Morgan fingerprint density at radius 2 is 2.06 bits per heavy atom. The van der Waals surface area contributed by atoms with E-state index < -0.39 is 0 Å². The van der Waals surface area contributed by atoms with E-state index in [-0.39, 0.29) is 0 Å². The first kappa shape index (κ1) is 12.0. The standard InChI is InChI=1S/C15H19NO/c1-2-12-4-3-5-15(10-12)17-14-8-6-13(11-16)7-9-14/h6-9,12,15H,2-5,10H2,1H3. The summed E-state index contributed by atoms with van der Waals surface area (Å²) in [4.78, 5) is 0. The molecule has 2 nitrogen and oxygen atoms in total. The van der Waals surface area contributed by atoms with Crippen LogP contribution in [-0.4, -0.2) is 6.10 Å². The Balaban J connectivity index is 1.93. The molecule has 1 aromatic carbocycles. The molecule has 1 aliphatic carbocycles. The van der Waals surface area contributed by atoms with Crippen LogP contribution in [0.1, 0.15) is 44.6 Å². The number of benzene rings is 1. The Hall–Kier alpha value is -1.49. The van der Waals surface area contributed by atoms with E-state index >= 15 is 0 Å². The molecule has 17 heavy (non-hydrogen) atoms. The third-order valence-corrected chi connectivity index (χ3v) is 3.60. The van der Waals surface area contributed by atoms with Crippen LogP contribution in [0.3, 0.4) is 0 Å². The molecule has 2 heteroatoms. The maximum Gasteiger partial charge on any atom is 0.119 e. The Morgan fingerprint density at radius 1 is 1.29 bits per heavy atom. The lowest BCUT2D eigenvalue weighted by atomic mass is 9.85. The maximum absolute atomic E-state index is 8.73. The van der Waals surface area contributed by atoms with E-state index in [4.69, 9.17) is 10.00 Å². The van der Waals surface area contributed by atoms with E-state index in [2.05, 4.69) is 13.0 Å². The highest BCUT2D eigenvalue weighted by Gasteiger charge is 2.21. The molecule has 0 heterocycles.